The van der Waals surface area contributed by atoms with Crippen LogP contribution >= 0.6 is 11.3 Å². The highest BCUT2D eigenvalue weighted by Crippen LogP contribution is 2.35. The summed E-state index contributed by atoms with van der Waals surface area (Å²) in [6, 6.07) is 1.98. The Kier molecular flexibility index (Phi) is 4.00. The minimum Gasteiger partial charge on any atom is -0.377 e. The predicted molar refractivity (Wildman–Crippen MR) is 100 cm³/mol. The SMILES string of the molecule is CN(C)c1ccnc2sc3c(=O)n(CC4CCCCC4)cnc3c12. The average Bonchev–Trinajstić information content (AvgIpc) is 2.98. The highest BCUT2D eigenvalue weighted by atomic mass is 32.1. The largest absolute Gasteiger partial charge is 0.377 e. The Morgan fingerprint density at radius 3 is 2.79 bits per heavy atom. The van der Waals surface area contributed by atoms with Crippen LogP contribution in [0.4, 0.5) is 5.69 Å². The molecular formula is C18H22N4OS. The van der Waals surface area contributed by atoms with E-state index in [0.717, 1.165) is 32.7 Å². The van der Waals surface area contributed by atoms with Crippen molar-refractivity contribution in [3.05, 3.63) is 28.9 Å². The van der Waals surface area contributed by atoms with Crippen LogP contribution in [0, 0.1) is 5.92 Å². The van der Waals surface area contributed by atoms with Crippen molar-refractivity contribution in [3.8, 4) is 0 Å². The maximum Gasteiger partial charge on any atom is 0.271 e. The molecular weight excluding hydrogens is 320 g/mol. The van der Waals surface area contributed by atoms with Gasteiger partial charge in [0.2, 0.25) is 0 Å². The zero-order valence-corrected chi connectivity index (χ0v) is 15.0. The van der Waals surface area contributed by atoms with Gasteiger partial charge >= 0.3 is 0 Å². The van der Waals surface area contributed by atoms with E-state index in [1.807, 2.05) is 29.6 Å². The second kappa shape index (κ2) is 6.16. The Hall–Kier alpha value is -1.95. The van der Waals surface area contributed by atoms with E-state index < -0.39 is 0 Å². The molecule has 1 fully saturated rings. The summed E-state index contributed by atoms with van der Waals surface area (Å²) < 4.78 is 2.54. The van der Waals surface area contributed by atoms with E-state index in [-0.39, 0.29) is 5.56 Å². The number of anilines is 1. The molecule has 3 heterocycles. The summed E-state index contributed by atoms with van der Waals surface area (Å²) in [4.78, 5) is 25.0. The average molecular weight is 342 g/mol. The number of thiophene rings is 1. The molecule has 0 bridgehead atoms. The lowest BCUT2D eigenvalue weighted by Crippen LogP contribution is -2.25. The first-order valence-electron chi connectivity index (χ1n) is 8.59. The molecule has 126 valence electrons. The fourth-order valence-electron chi connectivity index (χ4n) is 3.72. The van der Waals surface area contributed by atoms with Gasteiger partial charge in [0.05, 0.1) is 22.9 Å². The molecule has 3 aromatic rings. The molecule has 0 N–H and O–H groups in total. The van der Waals surface area contributed by atoms with Gasteiger partial charge in [-0.25, -0.2) is 9.97 Å². The van der Waals surface area contributed by atoms with Gasteiger partial charge in [0, 0.05) is 26.8 Å². The van der Waals surface area contributed by atoms with Gasteiger partial charge in [-0.3, -0.25) is 9.36 Å². The van der Waals surface area contributed by atoms with Crippen molar-refractivity contribution >= 4 is 37.5 Å². The van der Waals surface area contributed by atoms with Crippen molar-refractivity contribution in [2.24, 2.45) is 5.92 Å². The van der Waals surface area contributed by atoms with Crippen molar-refractivity contribution in [1.82, 2.24) is 14.5 Å². The molecule has 0 aliphatic heterocycles. The van der Waals surface area contributed by atoms with Gasteiger partial charge in [0.15, 0.2) is 0 Å². The Morgan fingerprint density at radius 2 is 2.04 bits per heavy atom. The van der Waals surface area contributed by atoms with E-state index in [4.69, 9.17) is 0 Å². The van der Waals surface area contributed by atoms with Gasteiger partial charge in [-0.1, -0.05) is 19.3 Å². The maximum absolute atomic E-state index is 12.9. The molecule has 1 saturated carbocycles. The van der Waals surface area contributed by atoms with E-state index >= 15 is 0 Å². The van der Waals surface area contributed by atoms with E-state index in [2.05, 4.69) is 9.97 Å². The summed E-state index contributed by atoms with van der Waals surface area (Å²) in [6.45, 7) is 0.796. The normalized spacial score (nSPS) is 16.1. The van der Waals surface area contributed by atoms with Crippen LogP contribution in [-0.4, -0.2) is 28.6 Å². The fraction of sp³-hybridized carbons (Fsp3) is 0.500. The number of nitrogens with zero attached hydrogens (tertiary/aromatic N) is 4. The summed E-state index contributed by atoms with van der Waals surface area (Å²) in [5, 5.41) is 0.990. The third-order valence-corrected chi connectivity index (χ3v) is 6.06. The van der Waals surface area contributed by atoms with Crippen LogP contribution in [0.15, 0.2) is 23.4 Å². The molecule has 5 nitrogen and oxygen atoms in total. The summed E-state index contributed by atoms with van der Waals surface area (Å²) in [6.07, 6.45) is 9.89. The molecule has 0 unspecified atom stereocenters. The topological polar surface area (TPSA) is 51.0 Å². The number of aromatic nitrogens is 3. The van der Waals surface area contributed by atoms with Crippen LogP contribution in [0.3, 0.4) is 0 Å². The molecule has 3 aromatic heterocycles. The van der Waals surface area contributed by atoms with Crippen LogP contribution < -0.4 is 10.5 Å². The number of fused-ring (bicyclic) bond motifs is 3. The van der Waals surface area contributed by atoms with E-state index in [1.165, 1.54) is 43.4 Å². The Morgan fingerprint density at radius 1 is 1.25 bits per heavy atom. The standard InChI is InChI=1S/C18H22N4OS/c1-21(2)13-8-9-19-17-14(13)15-16(24-17)18(23)22(11-20-15)10-12-6-4-3-5-7-12/h8-9,11-12H,3-7,10H2,1-2H3. The first-order valence-corrected chi connectivity index (χ1v) is 9.41. The zero-order valence-electron chi connectivity index (χ0n) is 14.2. The van der Waals surface area contributed by atoms with Crippen molar-refractivity contribution in [3.63, 3.8) is 0 Å². The van der Waals surface area contributed by atoms with Gasteiger partial charge < -0.3 is 4.90 Å². The van der Waals surface area contributed by atoms with Crippen molar-refractivity contribution in [2.75, 3.05) is 19.0 Å². The van der Waals surface area contributed by atoms with Crippen molar-refractivity contribution in [2.45, 2.75) is 38.6 Å². The fourth-order valence-corrected chi connectivity index (χ4v) is 4.79. The predicted octanol–water partition coefficient (Wildman–Crippen LogP) is 3.65. The van der Waals surface area contributed by atoms with Crippen molar-refractivity contribution < 1.29 is 0 Å². The first kappa shape index (κ1) is 15.6. The van der Waals surface area contributed by atoms with Gasteiger partial charge in [-0.15, -0.1) is 11.3 Å². The molecule has 0 aromatic carbocycles. The van der Waals surface area contributed by atoms with Crippen molar-refractivity contribution in [1.29, 1.82) is 0 Å². The Bertz CT molecular complexity index is 937. The van der Waals surface area contributed by atoms with Crippen LogP contribution in [0.5, 0.6) is 0 Å². The molecule has 1 aliphatic carbocycles. The monoisotopic (exact) mass is 342 g/mol. The first-order chi connectivity index (χ1) is 11.6. The second-order valence-corrected chi connectivity index (χ2v) is 7.89. The molecule has 0 saturated heterocycles. The summed E-state index contributed by atoms with van der Waals surface area (Å²) in [7, 11) is 4.01. The zero-order chi connectivity index (χ0) is 16.7. The Labute approximate surface area is 145 Å². The quantitative estimate of drug-likeness (QED) is 0.729. The molecule has 0 atom stereocenters. The molecule has 6 heteroatoms. The van der Waals surface area contributed by atoms with Crippen LogP contribution in [-0.2, 0) is 6.54 Å². The third-order valence-electron chi connectivity index (χ3n) is 4.99. The molecule has 0 amide bonds. The van der Waals surface area contributed by atoms with Gasteiger partial charge in [0.25, 0.3) is 5.56 Å². The lowest BCUT2D eigenvalue weighted by molar-refractivity contribution is 0.315. The lowest BCUT2D eigenvalue weighted by Gasteiger charge is -2.22. The maximum atomic E-state index is 12.9. The van der Waals surface area contributed by atoms with Crippen LogP contribution in [0.2, 0.25) is 0 Å². The summed E-state index contributed by atoms with van der Waals surface area (Å²) in [5.74, 6) is 0.612. The second-order valence-electron chi connectivity index (χ2n) is 6.89. The highest BCUT2D eigenvalue weighted by Gasteiger charge is 2.19. The third kappa shape index (κ3) is 2.59. The molecule has 0 radical (unpaired) electrons. The van der Waals surface area contributed by atoms with Gasteiger partial charge in [-0.05, 0) is 24.8 Å². The summed E-state index contributed by atoms with van der Waals surface area (Å²) in [5.41, 5.74) is 1.93. The molecule has 4 rings (SSSR count). The number of rotatable bonds is 3. The van der Waals surface area contributed by atoms with E-state index in [9.17, 15) is 4.79 Å². The summed E-state index contributed by atoms with van der Waals surface area (Å²) >= 11 is 1.46. The number of hydrogen-bond acceptors (Lipinski definition) is 5. The van der Waals surface area contributed by atoms with E-state index in [1.54, 1.807) is 12.5 Å². The van der Waals surface area contributed by atoms with Gasteiger partial charge in [0.1, 0.15) is 9.53 Å². The van der Waals surface area contributed by atoms with Gasteiger partial charge in [-0.2, -0.15) is 0 Å². The minimum absolute atomic E-state index is 0.0817. The van der Waals surface area contributed by atoms with E-state index in [0.29, 0.717) is 5.92 Å². The highest BCUT2D eigenvalue weighted by molar-refractivity contribution is 7.25. The molecule has 0 spiro atoms. The number of pyridine rings is 1. The smallest absolute Gasteiger partial charge is 0.271 e. The Balaban J connectivity index is 1.83. The molecule has 24 heavy (non-hydrogen) atoms. The number of hydrogen-bond donors (Lipinski definition) is 0. The lowest BCUT2D eigenvalue weighted by atomic mass is 9.89. The minimum atomic E-state index is 0.0817. The van der Waals surface area contributed by atoms with Crippen LogP contribution in [0.1, 0.15) is 32.1 Å². The molecule has 1 aliphatic rings. The van der Waals surface area contributed by atoms with Crippen LogP contribution in [0.25, 0.3) is 20.4 Å².